The van der Waals surface area contributed by atoms with Crippen molar-refractivity contribution in [3.63, 3.8) is 0 Å². The van der Waals surface area contributed by atoms with Gasteiger partial charge in [-0.25, -0.2) is 0 Å². The standard InChI is InChI=1S/C17H24N2O/c1-13-7-8-16(14(2)12-13)19(4)10-9-18-15(3)17-6-5-11-20-17/h5-8,11-12,15,18H,9-10H2,1-4H3. The largest absolute Gasteiger partial charge is 0.468 e. The molecule has 1 unspecified atom stereocenters. The van der Waals surface area contributed by atoms with Gasteiger partial charge in [0.1, 0.15) is 5.76 Å². The van der Waals surface area contributed by atoms with Crippen molar-refractivity contribution >= 4 is 5.69 Å². The number of furan rings is 1. The van der Waals surface area contributed by atoms with Crippen molar-refractivity contribution in [1.29, 1.82) is 0 Å². The minimum absolute atomic E-state index is 0.248. The molecule has 1 aromatic carbocycles. The summed E-state index contributed by atoms with van der Waals surface area (Å²) in [6.07, 6.45) is 1.72. The summed E-state index contributed by atoms with van der Waals surface area (Å²) in [4.78, 5) is 2.29. The molecule has 0 saturated carbocycles. The van der Waals surface area contributed by atoms with Gasteiger partial charge in [-0.1, -0.05) is 17.7 Å². The number of anilines is 1. The first-order chi connectivity index (χ1) is 9.58. The highest BCUT2D eigenvalue weighted by atomic mass is 16.3. The molecule has 20 heavy (non-hydrogen) atoms. The predicted octanol–water partition coefficient (Wildman–Crippen LogP) is 3.68. The zero-order valence-corrected chi connectivity index (χ0v) is 12.8. The van der Waals surface area contributed by atoms with E-state index in [-0.39, 0.29) is 6.04 Å². The summed E-state index contributed by atoms with van der Waals surface area (Å²) in [6, 6.07) is 10.8. The van der Waals surface area contributed by atoms with Crippen LogP contribution in [0.5, 0.6) is 0 Å². The molecule has 0 fully saturated rings. The summed E-state index contributed by atoms with van der Waals surface area (Å²) in [7, 11) is 2.14. The van der Waals surface area contributed by atoms with E-state index < -0.39 is 0 Å². The summed E-state index contributed by atoms with van der Waals surface area (Å²) in [5, 5.41) is 3.48. The summed E-state index contributed by atoms with van der Waals surface area (Å²) >= 11 is 0. The monoisotopic (exact) mass is 272 g/mol. The number of aryl methyl sites for hydroxylation is 2. The number of hydrogen-bond acceptors (Lipinski definition) is 3. The second-order valence-electron chi connectivity index (χ2n) is 5.40. The molecule has 0 radical (unpaired) electrons. The Morgan fingerprint density at radius 1 is 1.25 bits per heavy atom. The van der Waals surface area contributed by atoms with Gasteiger partial charge in [0.15, 0.2) is 0 Å². The first kappa shape index (κ1) is 14.7. The number of likely N-dealkylation sites (N-methyl/N-ethyl adjacent to an activating group) is 1. The van der Waals surface area contributed by atoms with Crippen molar-refractivity contribution in [1.82, 2.24) is 5.32 Å². The Morgan fingerprint density at radius 3 is 2.70 bits per heavy atom. The second-order valence-corrected chi connectivity index (χ2v) is 5.40. The Bertz CT molecular complexity index is 534. The van der Waals surface area contributed by atoms with Crippen LogP contribution in [0.4, 0.5) is 5.69 Å². The van der Waals surface area contributed by atoms with Crippen LogP contribution in [-0.4, -0.2) is 20.1 Å². The molecule has 0 aliphatic heterocycles. The fourth-order valence-electron chi connectivity index (χ4n) is 2.44. The van der Waals surface area contributed by atoms with E-state index in [4.69, 9.17) is 4.42 Å². The highest BCUT2D eigenvalue weighted by molar-refractivity contribution is 5.53. The van der Waals surface area contributed by atoms with Gasteiger partial charge in [-0.15, -0.1) is 0 Å². The lowest BCUT2D eigenvalue weighted by atomic mass is 10.1. The second kappa shape index (κ2) is 6.62. The molecule has 0 aliphatic carbocycles. The molecule has 0 aliphatic rings. The van der Waals surface area contributed by atoms with E-state index in [1.807, 2.05) is 12.1 Å². The van der Waals surface area contributed by atoms with E-state index in [9.17, 15) is 0 Å². The zero-order valence-electron chi connectivity index (χ0n) is 12.8. The molecule has 2 rings (SSSR count). The molecular weight excluding hydrogens is 248 g/mol. The van der Waals surface area contributed by atoms with Gasteiger partial charge in [-0.05, 0) is 44.5 Å². The normalized spacial score (nSPS) is 12.4. The molecule has 3 heteroatoms. The number of nitrogens with one attached hydrogen (secondary N) is 1. The molecule has 0 bridgehead atoms. The predicted molar refractivity (Wildman–Crippen MR) is 84.3 cm³/mol. The molecule has 1 heterocycles. The average Bonchev–Trinajstić information content (AvgIpc) is 2.92. The zero-order chi connectivity index (χ0) is 14.5. The van der Waals surface area contributed by atoms with Gasteiger partial charge >= 0.3 is 0 Å². The molecule has 108 valence electrons. The Balaban J connectivity index is 1.84. The van der Waals surface area contributed by atoms with Gasteiger partial charge in [0.05, 0.1) is 12.3 Å². The smallest absolute Gasteiger partial charge is 0.120 e. The van der Waals surface area contributed by atoms with Crippen molar-refractivity contribution in [2.75, 3.05) is 25.0 Å². The minimum Gasteiger partial charge on any atom is -0.468 e. The number of nitrogens with zero attached hydrogens (tertiary/aromatic N) is 1. The Hall–Kier alpha value is -1.74. The first-order valence-corrected chi connectivity index (χ1v) is 7.13. The lowest BCUT2D eigenvalue weighted by molar-refractivity contribution is 0.433. The van der Waals surface area contributed by atoms with Crippen LogP contribution in [0.2, 0.25) is 0 Å². The van der Waals surface area contributed by atoms with Crippen LogP contribution in [0.15, 0.2) is 41.0 Å². The Kier molecular flexibility index (Phi) is 4.85. The highest BCUT2D eigenvalue weighted by Crippen LogP contribution is 2.19. The number of rotatable bonds is 6. The van der Waals surface area contributed by atoms with Gasteiger partial charge < -0.3 is 14.6 Å². The van der Waals surface area contributed by atoms with Gasteiger partial charge in [-0.2, -0.15) is 0 Å². The fourth-order valence-corrected chi connectivity index (χ4v) is 2.44. The van der Waals surface area contributed by atoms with Gasteiger partial charge in [0, 0.05) is 25.8 Å². The fraction of sp³-hybridized carbons (Fsp3) is 0.412. The van der Waals surface area contributed by atoms with Crippen molar-refractivity contribution < 1.29 is 4.42 Å². The van der Waals surface area contributed by atoms with Crippen LogP contribution in [0, 0.1) is 13.8 Å². The SMILES string of the molecule is Cc1ccc(N(C)CCNC(C)c2ccco2)c(C)c1. The molecule has 0 spiro atoms. The van der Waals surface area contributed by atoms with E-state index in [1.165, 1.54) is 16.8 Å². The van der Waals surface area contributed by atoms with E-state index in [1.54, 1.807) is 6.26 Å². The summed E-state index contributed by atoms with van der Waals surface area (Å²) in [5.41, 5.74) is 3.93. The topological polar surface area (TPSA) is 28.4 Å². The average molecular weight is 272 g/mol. The maximum atomic E-state index is 5.39. The van der Waals surface area contributed by atoms with Crippen molar-refractivity contribution in [3.05, 3.63) is 53.5 Å². The molecule has 1 N–H and O–H groups in total. The maximum Gasteiger partial charge on any atom is 0.120 e. The lowest BCUT2D eigenvalue weighted by Gasteiger charge is -2.23. The van der Waals surface area contributed by atoms with Crippen molar-refractivity contribution in [3.8, 4) is 0 Å². The third-order valence-corrected chi connectivity index (χ3v) is 3.63. The van der Waals surface area contributed by atoms with E-state index in [0.717, 1.165) is 18.8 Å². The van der Waals surface area contributed by atoms with E-state index >= 15 is 0 Å². The van der Waals surface area contributed by atoms with Gasteiger partial charge in [0.25, 0.3) is 0 Å². The summed E-state index contributed by atoms with van der Waals surface area (Å²) < 4.78 is 5.39. The lowest BCUT2D eigenvalue weighted by Crippen LogP contribution is -2.30. The van der Waals surface area contributed by atoms with Crippen LogP contribution in [-0.2, 0) is 0 Å². The molecule has 0 saturated heterocycles. The summed E-state index contributed by atoms with van der Waals surface area (Å²) in [5.74, 6) is 0.985. The Morgan fingerprint density at radius 2 is 2.05 bits per heavy atom. The van der Waals surface area contributed by atoms with Gasteiger partial charge in [-0.3, -0.25) is 0 Å². The summed E-state index contributed by atoms with van der Waals surface area (Å²) in [6.45, 7) is 8.30. The molecule has 3 nitrogen and oxygen atoms in total. The first-order valence-electron chi connectivity index (χ1n) is 7.13. The number of hydrogen-bond donors (Lipinski definition) is 1. The quantitative estimate of drug-likeness (QED) is 0.869. The molecular formula is C17H24N2O. The van der Waals surface area contributed by atoms with Crippen LogP contribution >= 0.6 is 0 Å². The minimum atomic E-state index is 0.248. The van der Waals surface area contributed by atoms with Crippen LogP contribution in [0.1, 0.15) is 29.9 Å². The molecule has 1 aromatic heterocycles. The van der Waals surface area contributed by atoms with Crippen LogP contribution in [0.25, 0.3) is 0 Å². The van der Waals surface area contributed by atoms with Crippen molar-refractivity contribution in [2.24, 2.45) is 0 Å². The van der Waals surface area contributed by atoms with Crippen LogP contribution in [0.3, 0.4) is 0 Å². The third-order valence-electron chi connectivity index (χ3n) is 3.63. The van der Waals surface area contributed by atoms with Crippen molar-refractivity contribution in [2.45, 2.75) is 26.8 Å². The number of benzene rings is 1. The van der Waals surface area contributed by atoms with Gasteiger partial charge in [0.2, 0.25) is 0 Å². The third kappa shape index (κ3) is 3.64. The van der Waals surface area contributed by atoms with Crippen LogP contribution < -0.4 is 10.2 Å². The molecule has 0 amide bonds. The maximum absolute atomic E-state index is 5.39. The van der Waals surface area contributed by atoms with E-state index in [0.29, 0.717) is 0 Å². The molecule has 1 atom stereocenters. The molecule has 2 aromatic rings. The Labute approximate surface area is 121 Å². The highest BCUT2D eigenvalue weighted by Gasteiger charge is 2.08. The van der Waals surface area contributed by atoms with E-state index in [2.05, 4.69) is 56.2 Å².